The molecule has 1 saturated heterocycles. The van der Waals surface area contributed by atoms with Crippen LogP contribution in [0, 0.1) is 19.8 Å². The molecule has 0 amide bonds. The molecule has 1 aromatic rings. The van der Waals surface area contributed by atoms with Gasteiger partial charge >= 0.3 is 0 Å². The Hall–Kier alpha value is -0.570. The van der Waals surface area contributed by atoms with Crippen LogP contribution in [-0.4, -0.2) is 29.7 Å². The first-order valence-electron chi connectivity index (χ1n) is 6.69. The Morgan fingerprint density at radius 1 is 1.22 bits per heavy atom. The molecule has 0 bridgehead atoms. The van der Waals surface area contributed by atoms with E-state index in [4.69, 9.17) is 16.7 Å². The summed E-state index contributed by atoms with van der Waals surface area (Å²) in [6.07, 6.45) is 2.23. The van der Waals surface area contributed by atoms with E-state index in [0.717, 1.165) is 37.5 Å². The molecule has 0 radical (unpaired) electrons. The van der Waals surface area contributed by atoms with Crippen molar-refractivity contribution in [1.82, 2.24) is 4.90 Å². The number of aliphatic hydroxyl groups excluding tert-OH is 1. The third-order valence-corrected chi connectivity index (χ3v) is 4.23. The van der Waals surface area contributed by atoms with E-state index in [9.17, 15) is 0 Å². The molecule has 2 rings (SSSR count). The van der Waals surface area contributed by atoms with Crippen LogP contribution in [0.2, 0.25) is 5.02 Å². The van der Waals surface area contributed by atoms with Crippen LogP contribution >= 0.6 is 11.6 Å². The van der Waals surface area contributed by atoms with Crippen LogP contribution in [0.25, 0.3) is 0 Å². The monoisotopic (exact) mass is 267 g/mol. The van der Waals surface area contributed by atoms with Gasteiger partial charge < -0.3 is 5.11 Å². The standard InChI is InChI=1S/C15H22ClNO/c1-11-7-14(16)8-12(2)15(11)9-17-5-3-13(10-18)4-6-17/h7-8,13,18H,3-6,9-10H2,1-2H3. The highest BCUT2D eigenvalue weighted by Gasteiger charge is 2.19. The zero-order valence-electron chi connectivity index (χ0n) is 11.2. The van der Waals surface area contributed by atoms with Crippen molar-refractivity contribution in [3.8, 4) is 0 Å². The molecule has 0 spiro atoms. The predicted molar refractivity (Wildman–Crippen MR) is 76.0 cm³/mol. The quantitative estimate of drug-likeness (QED) is 0.909. The number of hydrogen-bond donors (Lipinski definition) is 1. The van der Waals surface area contributed by atoms with E-state index in [0.29, 0.717) is 12.5 Å². The van der Waals surface area contributed by atoms with E-state index in [1.807, 2.05) is 12.1 Å². The van der Waals surface area contributed by atoms with Gasteiger partial charge in [-0.15, -0.1) is 0 Å². The molecule has 1 N–H and O–H groups in total. The smallest absolute Gasteiger partial charge is 0.0460 e. The Kier molecular flexibility index (Phi) is 4.66. The van der Waals surface area contributed by atoms with Gasteiger partial charge in [-0.2, -0.15) is 0 Å². The van der Waals surface area contributed by atoms with Gasteiger partial charge in [0.1, 0.15) is 0 Å². The fourth-order valence-corrected chi connectivity index (χ4v) is 3.07. The molecule has 100 valence electrons. The summed E-state index contributed by atoms with van der Waals surface area (Å²) in [5.74, 6) is 0.508. The van der Waals surface area contributed by atoms with Gasteiger partial charge in [-0.3, -0.25) is 4.90 Å². The van der Waals surface area contributed by atoms with Crippen molar-refractivity contribution < 1.29 is 5.11 Å². The van der Waals surface area contributed by atoms with E-state index in [1.54, 1.807) is 0 Å². The minimum absolute atomic E-state index is 0.340. The zero-order chi connectivity index (χ0) is 13.1. The van der Waals surface area contributed by atoms with Crippen LogP contribution in [0.3, 0.4) is 0 Å². The van der Waals surface area contributed by atoms with Gasteiger partial charge in [0.25, 0.3) is 0 Å². The molecule has 2 nitrogen and oxygen atoms in total. The van der Waals surface area contributed by atoms with Crippen molar-refractivity contribution in [2.75, 3.05) is 19.7 Å². The van der Waals surface area contributed by atoms with Crippen LogP contribution in [0.5, 0.6) is 0 Å². The van der Waals surface area contributed by atoms with Crippen molar-refractivity contribution in [2.24, 2.45) is 5.92 Å². The Labute approximate surface area is 115 Å². The van der Waals surface area contributed by atoms with Gasteiger partial charge in [0.2, 0.25) is 0 Å². The van der Waals surface area contributed by atoms with E-state index in [2.05, 4.69) is 18.7 Å². The summed E-state index contributed by atoms with van der Waals surface area (Å²) in [6, 6.07) is 4.09. The Morgan fingerprint density at radius 2 is 1.78 bits per heavy atom. The number of benzene rings is 1. The van der Waals surface area contributed by atoms with Crippen molar-refractivity contribution in [3.63, 3.8) is 0 Å². The average molecular weight is 268 g/mol. The lowest BCUT2D eigenvalue weighted by Crippen LogP contribution is -2.34. The number of nitrogens with zero attached hydrogens (tertiary/aromatic N) is 1. The maximum Gasteiger partial charge on any atom is 0.0460 e. The Morgan fingerprint density at radius 3 is 2.28 bits per heavy atom. The van der Waals surface area contributed by atoms with Gasteiger partial charge in [-0.05, 0) is 74.5 Å². The molecule has 1 heterocycles. The van der Waals surface area contributed by atoms with Gasteiger partial charge in [0, 0.05) is 18.2 Å². The zero-order valence-corrected chi connectivity index (χ0v) is 12.0. The predicted octanol–water partition coefficient (Wildman–Crippen LogP) is 3.16. The Balaban J connectivity index is 2.02. The lowest BCUT2D eigenvalue weighted by Gasteiger charge is -2.31. The van der Waals surface area contributed by atoms with Gasteiger partial charge in [-0.1, -0.05) is 11.6 Å². The molecule has 1 aliphatic heterocycles. The number of aliphatic hydroxyl groups is 1. The van der Waals surface area contributed by atoms with E-state index < -0.39 is 0 Å². The molecule has 3 heteroatoms. The summed E-state index contributed by atoms with van der Waals surface area (Å²) in [7, 11) is 0. The summed E-state index contributed by atoms with van der Waals surface area (Å²) in [6.45, 7) is 7.79. The molecule has 1 aliphatic rings. The molecule has 0 aliphatic carbocycles. The summed E-state index contributed by atoms with van der Waals surface area (Å²) < 4.78 is 0. The highest BCUT2D eigenvalue weighted by molar-refractivity contribution is 6.30. The van der Waals surface area contributed by atoms with E-state index >= 15 is 0 Å². The maximum absolute atomic E-state index is 9.15. The number of piperidine rings is 1. The Bertz CT molecular complexity index is 388. The first-order valence-corrected chi connectivity index (χ1v) is 7.06. The normalized spacial score (nSPS) is 18.2. The minimum atomic E-state index is 0.340. The third kappa shape index (κ3) is 3.25. The van der Waals surface area contributed by atoms with Crippen molar-refractivity contribution in [1.29, 1.82) is 0 Å². The number of likely N-dealkylation sites (tertiary alicyclic amines) is 1. The SMILES string of the molecule is Cc1cc(Cl)cc(C)c1CN1CCC(CO)CC1. The van der Waals surface area contributed by atoms with Gasteiger partial charge in [0.15, 0.2) is 0 Å². The van der Waals surface area contributed by atoms with Crippen LogP contribution in [0.15, 0.2) is 12.1 Å². The fraction of sp³-hybridized carbons (Fsp3) is 0.600. The maximum atomic E-state index is 9.15. The van der Waals surface area contributed by atoms with Crippen LogP contribution in [0.4, 0.5) is 0 Å². The highest BCUT2D eigenvalue weighted by atomic mass is 35.5. The number of hydrogen-bond acceptors (Lipinski definition) is 2. The molecule has 0 saturated carbocycles. The minimum Gasteiger partial charge on any atom is -0.396 e. The lowest BCUT2D eigenvalue weighted by atomic mass is 9.96. The second kappa shape index (κ2) is 6.05. The second-order valence-electron chi connectivity index (χ2n) is 5.42. The molecule has 1 aromatic carbocycles. The van der Waals surface area contributed by atoms with E-state index in [-0.39, 0.29) is 0 Å². The van der Waals surface area contributed by atoms with E-state index in [1.165, 1.54) is 16.7 Å². The summed E-state index contributed by atoms with van der Waals surface area (Å²) in [4.78, 5) is 2.48. The largest absolute Gasteiger partial charge is 0.396 e. The molecular formula is C15H22ClNO. The third-order valence-electron chi connectivity index (χ3n) is 4.01. The van der Waals surface area contributed by atoms with Crippen molar-refractivity contribution >= 4 is 11.6 Å². The fourth-order valence-electron chi connectivity index (χ4n) is 2.74. The molecule has 0 unspecified atom stereocenters. The summed E-state index contributed by atoms with van der Waals surface area (Å²) in [5.41, 5.74) is 3.97. The van der Waals surface area contributed by atoms with Crippen LogP contribution in [0.1, 0.15) is 29.5 Å². The first-order chi connectivity index (χ1) is 8.60. The molecular weight excluding hydrogens is 246 g/mol. The highest BCUT2D eigenvalue weighted by Crippen LogP contribution is 2.24. The van der Waals surface area contributed by atoms with Gasteiger partial charge in [0.05, 0.1) is 0 Å². The summed E-state index contributed by atoms with van der Waals surface area (Å²) >= 11 is 6.06. The number of rotatable bonds is 3. The first kappa shape index (κ1) is 13.9. The van der Waals surface area contributed by atoms with Crippen LogP contribution < -0.4 is 0 Å². The summed E-state index contributed by atoms with van der Waals surface area (Å²) in [5, 5.41) is 9.98. The second-order valence-corrected chi connectivity index (χ2v) is 5.86. The number of halogens is 1. The lowest BCUT2D eigenvalue weighted by molar-refractivity contribution is 0.127. The van der Waals surface area contributed by atoms with Crippen molar-refractivity contribution in [2.45, 2.75) is 33.2 Å². The average Bonchev–Trinajstić information content (AvgIpc) is 2.34. The molecule has 0 atom stereocenters. The van der Waals surface area contributed by atoms with Crippen LogP contribution in [-0.2, 0) is 6.54 Å². The number of aryl methyl sites for hydroxylation is 2. The van der Waals surface area contributed by atoms with Gasteiger partial charge in [-0.25, -0.2) is 0 Å². The topological polar surface area (TPSA) is 23.5 Å². The molecule has 0 aromatic heterocycles. The van der Waals surface area contributed by atoms with Crippen molar-refractivity contribution in [3.05, 3.63) is 33.8 Å². The molecule has 18 heavy (non-hydrogen) atoms. The molecule has 1 fully saturated rings.